The molecule has 0 radical (unpaired) electrons. The van der Waals surface area contributed by atoms with E-state index in [1.165, 1.54) is 0 Å². The maximum atomic E-state index is 11.8. The molecule has 2 N–H and O–H groups in total. The van der Waals surface area contributed by atoms with Crippen molar-refractivity contribution in [2.75, 3.05) is 13.1 Å². The summed E-state index contributed by atoms with van der Waals surface area (Å²) in [5.74, 6) is -2.47. The van der Waals surface area contributed by atoms with Crippen LogP contribution in [0.3, 0.4) is 0 Å². The lowest BCUT2D eigenvalue weighted by Gasteiger charge is -2.20. The maximum Gasteiger partial charge on any atom is 0.323 e. The van der Waals surface area contributed by atoms with Gasteiger partial charge in [-0.15, -0.1) is 0 Å². The van der Waals surface area contributed by atoms with Crippen LogP contribution in [-0.2, 0) is 14.4 Å². The van der Waals surface area contributed by atoms with Gasteiger partial charge in [0.2, 0.25) is 5.91 Å². The van der Waals surface area contributed by atoms with Crippen molar-refractivity contribution in [3.05, 3.63) is 0 Å². The molecule has 1 aliphatic carbocycles. The Bertz CT molecular complexity index is 293. The fourth-order valence-electron chi connectivity index (χ4n) is 2.15. The van der Waals surface area contributed by atoms with E-state index >= 15 is 0 Å². The van der Waals surface area contributed by atoms with Crippen molar-refractivity contribution >= 4 is 17.8 Å². The van der Waals surface area contributed by atoms with Crippen LogP contribution in [0.15, 0.2) is 0 Å². The number of carboxylic acids is 2. The van der Waals surface area contributed by atoms with Gasteiger partial charge in [0.15, 0.2) is 0 Å². The molecular formula is C11H17NO5. The molecule has 0 atom stereocenters. The molecule has 0 bridgehead atoms. The van der Waals surface area contributed by atoms with Crippen LogP contribution in [0.4, 0.5) is 0 Å². The van der Waals surface area contributed by atoms with Crippen molar-refractivity contribution in [3.8, 4) is 0 Å². The first-order chi connectivity index (χ1) is 7.99. The van der Waals surface area contributed by atoms with Gasteiger partial charge in [-0.2, -0.15) is 0 Å². The summed E-state index contributed by atoms with van der Waals surface area (Å²) in [5.41, 5.74) is 0. The predicted molar refractivity (Wildman–Crippen MR) is 58.4 cm³/mol. The van der Waals surface area contributed by atoms with Crippen LogP contribution >= 0.6 is 0 Å². The quantitative estimate of drug-likeness (QED) is 0.711. The van der Waals surface area contributed by atoms with E-state index in [2.05, 4.69) is 0 Å². The molecule has 6 nitrogen and oxygen atoms in total. The molecule has 0 aromatic rings. The van der Waals surface area contributed by atoms with Gasteiger partial charge in [0.05, 0.1) is 0 Å². The minimum absolute atomic E-state index is 0.264. The maximum absolute atomic E-state index is 11.8. The number of aliphatic carboxylic acids is 2. The number of hydrogen-bond acceptors (Lipinski definition) is 3. The fourth-order valence-corrected chi connectivity index (χ4v) is 2.15. The Morgan fingerprint density at radius 1 is 1.00 bits per heavy atom. The molecule has 0 unspecified atom stereocenters. The summed E-state index contributed by atoms with van der Waals surface area (Å²) in [6.45, 7) is -1.09. The molecular weight excluding hydrogens is 226 g/mol. The molecule has 0 heterocycles. The smallest absolute Gasteiger partial charge is 0.323 e. The topological polar surface area (TPSA) is 94.9 Å². The van der Waals surface area contributed by atoms with Gasteiger partial charge in [-0.1, -0.05) is 12.8 Å². The Labute approximate surface area is 99.2 Å². The Kier molecular flexibility index (Phi) is 4.93. The van der Waals surface area contributed by atoms with Crippen molar-refractivity contribution in [1.29, 1.82) is 0 Å². The molecule has 6 heteroatoms. The summed E-state index contributed by atoms with van der Waals surface area (Å²) in [4.78, 5) is 33.8. The number of rotatable bonds is 6. The molecule has 1 rings (SSSR count). The first-order valence-electron chi connectivity index (χ1n) is 5.70. The van der Waals surface area contributed by atoms with Crippen LogP contribution in [-0.4, -0.2) is 46.0 Å². The van der Waals surface area contributed by atoms with Crippen LogP contribution in [0.25, 0.3) is 0 Å². The molecule has 1 fully saturated rings. The van der Waals surface area contributed by atoms with Gasteiger partial charge in [-0.05, 0) is 18.8 Å². The minimum atomic E-state index is -1.19. The molecule has 0 saturated heterocycles. The van der Waals surface area contributed by atoms with E-state index in [9.17, 15) is 14.4 Å². The third-order valence-electron chi connectivity index (χ3n) is 2.94. The SMILES string of the molecule is O=C(O)CN(CC(=O)O)C(=O)CC1CCCC1. The second-order valence-electron chi connectivity index (χ2n) is 4.39. The van der Waals surface area contributed by atoms with E-state index in [1.807, 2.05) is 0 Å². The van der Waals surface area contributed by atoms with E-state index in [0.29, 0.717) is 0 Å². The Hall–Kier alpha value is -1.59. The van der Waals surface area contributed by atoms with Crippen molar-refractivity contribution in [3.63, 3.8) is 0 Å². The third-order valence-corrected chi connectivity index (χ3v) is 2.94. The van der Waals surface area contributed by atoms with Crippen LogP contribution < -0.4 is 0 Å². The molecule has 0 aliphatic heterocycles. The summed E-state index contributed by atoms with van der Waals surface area (Å²) in [6.07, 6.45) is 4.39. The summed E-state index contributed by atoms with van der Waals surface area (Å²) in [5, 5.41) is 17.2. The molecule has 0 aromatic carbocycles. The van der Waals surface area contributed by atoms with E-state index in [-0.39, 0.29) is 18.2 Å². The molecule has 17 heavy (non-hydrogen) atoms. The first-order valence-corrected chi connectivity index (χ1v) is 5.70. The standard InChI is InChI=1S/C11H17NO5/c13-9(5-8-3-1-2-4-8)12(6-10(14)15)7-11(16)17/h8H,1-7H2,(H,14,15)(H,16,17). The molecule has 1 aliphatic rings. The summed E-state index contributed by atoms with van der Waals surface area (Å²) in [7, 11) is 0. The summed E-state index contributed by atoms with van der Waals surface area (Å²) >= 11 is 0. The lowest BCUT2D eigenvalue weighted by Crippen LogP contribution is -2.39. The predicted octanol–water partition coefficient (Wildman–Crippen LogP) is 0.564. The van der Waals surface area contributed by atoms with Crippen LogP contribution in [0.2, 0.25) is 0 Å². The zero-order valence-electron chi connectivity index (χ0n) is 9.59. The van der Waals surface area contributed by atoms with Gasteiger partial charge in [0.1, 0.15) is 13.1 Å². The monoisotopic (exact) mass is 243 g/mol. The summed E-state index contributed by atoms with van der Waals surface area (Å²) < 4.78 is 0. The third kappa shape index (κ3) is 4.84. The first kappa shape index (κ1) is 13.5. The van der Waals surface area contributed by atoms with Gasteiger partial charge in [0, 0.05) is 6.42 Å². The van der Waals surface area contributed by atoms with Crippen LogP contribution in [0.1, 0.15) is 32.1 Å². The Morgan fingerprint density at radius 3 is 1.88 bits per heavy atom. The fraction of sp³-hybridized carbons (Fsp3) is 0.727. The minimum Gasteiger partial charge on any atom is -0.480 e. The number of amides is 1. The van der Waals surface area contributed by atoms with Crippen LogP contribution in [0.5, 0.6) is 0 Å². The highest BCUT2D eigenvalue weighted by Crippen LogP contribution is 2.27. The highest BCUT2D eigenvalue weighted by atomic mass is 16.4. The number of hydrogen-bond donors (Lipinski definition) is 2. The van der Waals surface area contributed by atoms with Crippen molar-refractivity contribution in [2.24, 2.45) is 5.92 Å². The largest absolute Gasteiger partial charge is 0.480 e. The van der Waals surface area contributed by atoms with Gasteiger partial charge in [0.25, 0.3) is 0 Å². The lowest BCUT2D eigenvalue weighted by molar-refractivity contribution is -0.149. The zero-order valence-corrected chi connectivity index (χ0v) is 9.59. The Balaban J connectivity index is 2.51. The van der Waals surface area contributed by atoms with E-state index in [0.717, 1.165) is 30.6 Å². The van der Waals surface area contributed by atoms with Gasteiger partial charge >= 0.3 is 11.9 Å². The molecule has 1 amide bonds. The normalized spacial score (nSPS) is 15.8. The van der Waals surface area contributed by atoms with Crippen molar-refractivity contribution in [1.82, 2.24) is 4.90 Å². The van der Waals surface area contributed by atoms with Gasteiger partial charge < -0.3 is 15.1 Å². The molecule has 0 spiro atoms. The zero-order chi connectivity index (χ0) is 12.8. The van der Waals surface area contributed by atoms with E-state index in [4.69, 9.17) is 10.2 Å². The molecule has 0 aromatic heterocycles. The van der Waals surface area contributed by atoms with Gasteiger partial charge in [-0.25, -0.2) is 0 Å². The second kappa shape index (κ2) is 6.22. The van der Waals surface area contributed by atoms with E-state index < -0.39 is 25.0 Å². The highest BCUT2D eigenvalue weighted by molar-refractivity contribution is 5.85. The van der Waals surface area contributed by atoms with Crippen molar-refractivity contribution in [2.45, 2.75) is 32.1 Å². The number of carboxylic acid groups (broad SMARTS) is 2. The summed E-state index contributed by atoms with van der Waals surface area (Å²) in [6, 6.07) is 0. The van der Waals surface area contributed by atoms with E-state index in [1.54, 1.807) is 0 Å². The van der Waals surface area contributed by atoms with Crippen LogP contribution in [0, 0.1) is 5.92 Å². The highest BCUT2D eigenvalue weighted by Gasteiger charge is 2.24. The molecule has 96 valence electrons. The molecule has 1 saturated carbocycles. The number of carbonyl (C=O) groups excluding carboxylic acids is 1. The number of carbonyl (C=O) groups is 3. The number of nitrogens with zero attached hydrogens (tertiary/aromatic N) is 1. The van der Waals surface area contributed by atoms with Gasteiger partial charge in [-0.3, -0.25) is 14.4 Å². The second-order valence-corrected chi connectivity index (χ2v) is 4.39. The Morgan fingerprint density at radius 2 is 1.47 bits per heavy atom. The average Bonchev–Trinajstić information content (AvgIpc) is 2.67. The van der Waals surface area contributed by atoms with Crippen molar-refractivity contribution < 1.29 is 24.6 Å². The lowest BCUT2D eigenvalue weighted by atomic mass is 10.0. The average molecular weight is 243 g/mol.